The maximum atomic E-state index is 13.5. The molecule has 6 heteroatoms. The van der Waals surface area contributed by atoms with Crippen molar-refractivity contribution in [3.05, 3.63) is 125 Å². The maximum Gasteiger partial charge on any atom is 0.322 e. The van der Waals surface area contributed by atoms with Crippen LogP contribution in [0.1, 0.15) is 47.0 Å². The van der Waals surface area contributed by atoms with Crippen LogP contribution in [0.2, 0.25) is 0 Å². The van der Waals surface area contributed by atoms with E-state index in [1.165, 1.54) is 11.1 Å². The predicted molar refractivity (Wildman–Crippen MR) is 142 cm³/mol. The summed E-state index contributed by atoms with van der Waals surface area (Å²) in [5, 5.41) is 6.53. The van der Waals surface area contributed by atoms with Crippen LogP contribution in [0.3, 0.4) is 0 Å². The van der Waals surface area contributed by atoms with Gasteiger partial charge in [-0.15, -0.1) is 0 Å². The number of carbonyl (C=O) groups excluding carboxylic acids is 1. The first-order valence-electron chi connectivity index (χ1n) is 12.5. The maximum absolute atomic E-state index is 13.5. The quantitative estimate of drug-likeness (QED) is 0.333. The summed E-state index contributed by atoms with van der Waals surface area (Å²) in [6.07, 6.45) is 6.60. The molecule has 0 saturated carbocycles. The Morgan fingerprint density at radius 3 is 2.42 bits per heavy atom. The van der Waals surface area contributed by atoms with E-state index in [1.54, 1.807) is 0 Å². The van der Waals surface area contributed by atoms with Gasteiger partial charge in [0.15, 0.2) is 0 Å². The molecule has 1 atom stereocenters. The summed E-state index contributed by atoms with van der Waals surface area (Å²) in [5.41, 5.74) is 6.35. The predicted octanol–water partition coefficient (Wildman–Crippen LogP) is 5.88. The molecule has 0 bridgehead atoms. The van der Waals surface area contributed by atoms with Crippen molar-refractivity contribution >= 4 is 11.7 Å². The molecule has 1 aliphatic carbocycles. The van der Waals surface area contributed by atoms with Crippen LogP contribution in [0.4, 0.5) is 10.5 Å². The van der Waals surface area contributed by atoms with Crippen LogP contribution in [-0.2, 0) is 26.1 Å². The number of aromatic nitrogens is 2. The molecule has 2 aromatic heterocycles. The highest BCUT2D eigenvalue weighted by Gasteiger charge is 2.30. The van der Waals surface area contributed by atoms with Gasteiger partial charge in [0.05, 0.1) is 17.4 Å². The van der Waals surface area contributed by atoms with Gasteiger partial charge in [-0.25, -0.2) is 4.79 Å². The average molecular weight is 478 g/mol. The Morgan fingerprint density at radius 1 is 0.833 bits per heavy atom. The third-order valence-electron chi connectivity index (χ3n) is 6.56. The molecule has 2 amide bonds. The van der Waals surface area contributed by atoms with Gasteiger partial charge >= 0.3 is 6.03 Å². The van der Waals surface area contributed by atoms with Crippen molar-refractivity contribution in [1.82, 2.24) is 20.2 Å². The number of urea groups is 1. The Kier molecular flexibility index (Phi) is 7.64. The number of nitrogens with zero attached hydrogens (tertiary/aromatic N) is 3. The molecule has 0 fully saturated rings. The number of aryl methyl sites for hydroxylation is 1. The van der Waals surface area contributed by atoms with E-state index in [4.69, 9.17) is 4.98 Å². The van der Waals surface area contributed by atoms with E-state index in [0.29, 0.717) is 6.54 Å². The van der Waals surface area contributed by atoms with Gasteiger partial charge in [0.2, 0.25) is 0 Å². The molecule has 1 aliphatic rings. The monoisotopic (exact) mass is 477 g/mol. The van der Waals surface area contributed by atoms with Gasteiger partial charge in [-0.05, 0) is 66.3 Å². The molecule has 1 unspecified atom stereocenters. The number of pyridine rings is 2. The minimum atomic E-state index is -0.106. The summed E-state index contributed by atoms with van der Waals surface area (Å²) in [4.78, 5) is 24.5. The van der Waals surface area contributed by atoms with E-state index < -0.39 is 0 Å². The van der Waals surface area contributed by atoms with Gasteiger partial charge in [-0.2, -0.15) is 0 Å². The zero-order valence-electron chi connectivity index (χ0n) is 20.3. The molecule has 182 valence electrons. The number of fused-ring (bicyclic) bond motifs is 1. The highest BCUT2D eigenvalue weighted by atomic mass is 16.2. The average Bonchev–Trinajstić information content (AvgIpc) is 2.93. The minimum absolute atomic E-state index is 0.0571. The number of anilines is 1. The number of amides is 2. The van der Waals surface area contributed by atoms with Gasteiger partial charge in [0.25, 0.3) is 0 Å². The van der Waals surface area contributed by atoms with Crippen LogP contribution in [0, 0.1) is 0 Å². The standard InChI is InChI=1S/C30H31N5O/c36-30(34-26-10-2-1-3-11-26)35(28-13-6-8-25-9-7-19-33-29(25)28)22-24-16-14-23(15-17-24)20-31-21-27-12-4-5-18-32-27/h1-5,7,9-12,14-19,28,31H,6,8,13,20-22H2,(H,34,36). The zero-order chi connectivity index (χ0) is 24.6. The van der Waals surface area contributed by atoms with E-state index in [-0.39, 0.29) is 12.1 Å². The van der Waals surface area contributed by atoms with E-state index in [9.17, 15) is 4.79 Å². The largest absolute Gasteiger partial charge is 0.322 e. The fourth-order valence-corrected chi connectivity index (χ4v) is 4.73. The molecule has 6 nitrogen and oxygen atoms in total. The van der Waals surface area contributed by atoms with Crippen LogP contribution in [-0.4, -0.2) is 20.9 Å². The number of hydrogen-bond acceptors (Lipinski definition) is 4. The SMILES string of the molecule is O=C(Nc1ccccc1)N(Cc1ccc(CNCc2ccccn2)cc1)C1CCCc2cccnc21. The van der Waals surface area contributed by atoms with Gasteiger partial charge in [-0.3, -0.25) is 9.97 Å². The highest BCUT2D eigenvalue weighted by molar-refractivity contribution is 5.89. The lowest BCUT2D eigenvalue weighted by atomic mass is 9.90. The molecule has 0 radical (unpaired) electrons. The molecule has 5 rings (SSSR count). The molecule has 4 aromatic rings. The van der Waals surface area contributed by atoms with Crippen molar-refractivity contribution in [2.45, 2.75) is 44.9 Å². The summed E-state index contributed by atoms with van der Waals surface area (Å²) in [6.45, 7) is 2.00. The van der Waals surface area contributed by atoms with Gasteiger partial charge in [0.1, 0.15) is 0 Å². The Labute approximate surface area is 212 Å². The Hall–Kier alpha value is -4.03. The molecule has 2 heterocycles. The number of rotatable bonds is 8. The molecular weight excluding hydrogens is 446 g/mol. The lowest BCUT2D eigenvalue weighted by Crippen LogP contribution is -2.39. The molecule has 0 spiro atoms. The number of carbonyl (C=O) groups is 1. The molecule has 2 N–H and O–H groups in total. The van der Waals surface area contributed by atoms with Gasteiger partial charge < -0.3 is 15.5 Å². The fourth-order valence-electron chi connectivity index (χ4n) is 4.73. The lowest BCUT2D eigenvalue weighted by Gasteiger charge is -2.35. The van der Waals surface area contributed by atoms with Crippen molar-refractivity contribution in [2.24, 2.45) is 0 Å². The van der Waals surface area contributed by atoms with Crippen molar-refractivity contribution in [3.63, 3.8) is 0 Å². The normalized spacial score (nSPS) is 14.6. The second kappa shape index (κ2) is 11.6. The van der Waals surface area contributed by atoms with Crippen molar-refractivity contribution in [2.75, 3.05) is 5.32 Å². The van der Waals surface area contributed by atoms with Crippen LogP contribution >= 0.6 is 0 Å². The topological polar surface area (TPSA) is 70.2 Å². The summed E-state index contributed by atoms with van der Waals surface area (Å²) >= 11 is 0. The second-order valence-corrected chi connectivity index (χ2v) is 9.12. The lowest BCUT2D eigenvalue weighted by molar-refractivity contribution is 0.173. The van der Waals surface area contributed by atoms with Crippen molar-refractivity contribution in [1.29, 1.82) is 0 Å². The first kappa shape index (κ1) is 23.7. The van der Waals surface area contributed by atoms with E-state index in [1.807, 2.05) is 71.9 Å². The Bertz CT molecular complexity index is 1260. The van der Waals surface area contributed by atoms with Gasteiger partial charge in [-0.1, -0.05) is 54.6 Å². The summed E-state index contributed by atoms with van der Waals surface area (Å²) in [5.74, 6) is 0. The molecule has 0 aliphatic heterocycles. The van der Waals surface area contributed by atoms with E-state index in [0.717, 1.165) is 55.0 Å². The second-order valence-electron chi connectivity index (χ2n) is 9.12. The summed E-state index contributed by atoms with van der Waals surface area (Å²) in [7, 11) is 0. The zero-order valence-corrected chi connectivity index (χ0v) is 20.3. The summed E-state index contributed by atoms with van der Waals surface area (Å²) < 4.78 is 0. The number of nitrogens with one attached hydrogen (secondary N) is 2. The summed E-state index contributed by atoms with van der Waals surface area (Å²) in [6, 6.07) is 28.0. The third-order valence-corrected chi connectivity index (χ3v) is 6.56. The smallest absolute Gasteiger partial charge is 0.312 e. The first-order valence-corrected chi connectivity index (χ1v) is 12.5. The molecule has 0 saturated heterocycles. The molecule has 36 heavy (non-hydrogen) atoms. The Balaban J connectivity index is 1.30. The minimum Gasteiger partial charge on any atom is -0.312 e. The van der Waals surface area contributed by atoms with Crippen LogP contribution < -0.4 is 10.6 Å². The van der Waals surface area contributed by atoms with Crippen molar-refractivity contribution in [3.8, 4) is 0 Å². The van der Waals surface area contributed by atoms with E-state index in [2.05, 4.69) is 45.9 Å². The number of benzene rings is 2. The van der Waals surface area contributed by atoms with Crippen molar-refractivity contribution < 1.29 is 4.79 Å². The molecular formula is C30H31N5O. The number of hydrogen-bond donors (Lipinski definition) is 2. The fraction of sp³-hybridized carbons (Fsp3) is 0.233. The van der Waals surface area contributed by atoms with Crippen LogP contribution in [0.25, 0.3) is 0 Å². The molecule has 2 aromatic carbocycles. The van der Waals surface area contributed by atoms with Gasteiger partial charge in [0, 0.05) is 37.7 Å². The van der Waals surface area contributed by atoms with Crippen LogP contribution in [0.5, 0.6) is 0 Å². The van der Waals surface area contributed by atoms with Crippen LogP contribution in [0.15, 0.2) is 97.3 Å². The Morgan fingerprint density at radius 2 is 1.61 bits per heavy atom. The van der Waals surface area contributed by atoms with E-state index >= 15 is 0 Å². The third kappa shape index (κ3) is 5.96. The number of para-hydroxylation sites is 1. The first-order chi connectivity index (χ1) is 17.8. The highest BCUT2D eigenvalue weighted by Crippen LogP contribution is 2.34.